The lowest BCUT2D eigenvalue weighted by molar-refractivity contribution is -0.188. The number of carbonyl (C=O) groups is 1. The van der Waals surface area contributed by atoms with Gasteiger partial charge in [0, 0.05) is 6.61 Å². The molecule has 7 heteroatoms. The summed E-state index contributed by atoms with van der Waals surface area (Å²) in [5.41, 5.74) is 0.824. The van der Waals surface area contributed by atoms with E-state index >= 15 is 0 Å². The highest BCUT2D eigenvalue weighted by Crippen LogP contribution is 2.29. The molecule has 0 saturated carbocycles. The van der Waals surface area contributed by atoms with Gasteiger partial charge in [0.2, 0.25) is 0 Å². The summed E-state index contributed by atoms with van der Waals surface area (Å²) >= 11 is 12.0. The number of alkyl carbamates (subject to hydrolysis) is 1. The first-order valence-corrected chi connectivity index (χ1v) is 8.48. The van der Waals surface area contributed by atoms with Crippen molar-refractivity contribution in [3.63, 3.8) is 0 Å². The van der Waals surface area contributed by atoms with Crippen LogP contribution in [0.15, 0.2) is 18.2 Å². The summed E-state index contributed by atoms with van der Waals surface area (Å²) in [5.74, 6) is 0. The van der Waals surface area contributed by atoms with E-state index < -0.39 is 12.2 Å². The van der Waals surface area contributed by atoms with Crippen molar-refractivity contribution in [2.75, 3.05) is 19.8 Å². The van der Waals surface area contributed by atoms with Crippen LogP contribution in [0.3, 0.4) is 0 Å². The van der Waals surface area contributed by atoms with Gasteiger partial charge >= 0.3 is 6.09 Å². The molecule has 0 bridgehead atoms. The summed E-state index contributed by atoms with van der Waals surface area (Å²) < 4.78 is 16.5. The van der Waals surface area contributed by atoms with Gasteiger partial charge in [-0.2, -0.15) is 0 Å². The van der Waals surface area contributed by atoms with Gasteiger partial charge in [0.25, 0.3) is 0 Å². The minimum atomic E-state index is -0.481. The fraction of sp³-hybridized carbons (Fsp3) is 0.562. The highest BCUT2D eigenvalue weighted by Gasteiger charge is 2.22. The maximum atomic E-state index is 11.5. The Bertz CT molecular complexity index is 521. The van der Waals surface area contributed by atoms with Crippen LogP contribution >= 0.6 is 23.2 Å². The van der Waals surface area contributed by atoms with E-state index in [-0.39, 0.29) is 12.8 Å². The zero-order valence-electron chi connectivity index (χ0n) is 13.0. The van der Waals surface area contributed by atoms with E-state index in [2.05, 4.69) is 5.32 Å². The van der Waals surface area contributed by atoms with Crippen molar-refractivity contribution in [3.8, 4) is 0 Å². The maximum absolute atomic E-state index is 11.5. The molecule has 1 saturated heterocycles. The summed E-state index contributed by atoms with van der Waals surface area (Å²) in [7, 11) is 0. The Kier molecular flexibility index (Phi) is 7.43. The fourth-order valence-corrected chi connectivity index (χ4v) is 2.62. The number of benzene rings is 1. The van der Waals surface area contributed by atoms with Crippen molar-refractivity contribution in [3.05, 3.63) is 33.8 Å². The number of carbonyl (C=O) groups excluding carboxylic acids is 1. The quantitative estimate of drug-likeness (QED) is 0.819. The molecule has 2 unspecified atom stereocenters. The zero-order chi connectivity index (χ0) is 16.7. The van der Waals surface area contributed by atoms with Crippen LogP contribution in [0.2, 0.25) is 10.0 Å². The van der Waals surface area contributed by atoms with Crippen LogP contribution in [0.25, 0.3) is 0 Å². The number of hydrogen-bond acceptors (Lipinski definition) is 4. The van der Waals surface area contributed by atoms with Crippen LogP contribution in [-0.4, -0.2) is 32.1 Å². The van der Waals surface area contributed by atoms with Crippen LogP contribution in [0.5, 0.6) is 0 Å². The number of amides is 1. The van der Waals surface area contributed by atoms with E-state index in [0.29, 0.717) is 23.3 Å². The number of hydrogen-bond donors (Lipinski definition) is 1. The predicted octanol–water partition coefficient (Wildman–Crippen LogP) is 4.32. The minimum absolute atomic E-state index is 0.261. The topological polar surface area (TPSA) is 56.8 Å². The molecular weight excluding hydrogens is 341 g/mol. The van der Waals surface area contributed by atoms with E-state index in [9.17, 15) is 4.79 Å². The molecule has 0 aromatic heterocycles. The molecule has 1 N–H and O–H groups in total. The molecule has 1 heterocycles. The molecule has 23 heavy (non-hydrogen) atoms. The molecule has 1 amide bonds. The molecule has 1 aliphatic heterocycles. The van der Waals surface area contributed by atoms with Gasteiger partial charge in [-0.05, 0) is 43.9 Å². The zero-order valence-corrected chi connectivity index (χ0v) is 14.5. The monoisotopic (exact) mass is 361 g/mol. The van der Waals surface area contributed by atoms with Crippen molar-refractivity contribution >= 4 is 29.3 Å². The summed E-state index contributed by atoms with van der Waals surface area (Å²) in [6, 6.07) is 5.28. The Labute approximate surface area is 146 Å². The van der Waals surface area contributed by atoms with Gasteiger partial charge in [0.05, 0.1) is 23.2 Å². The van der Waals surface area contributed by atoms with Crippen LogP contribution in [0.4, 0.5) is 4.79 Å². The summed E-state index contributed by atoms with van der Waals surface area (Å²) in [6.07, 6.45) is 1.77. The van der Waals surface area contributed by atoms with E-state index in [1.165, 1.54) is 0 Å². The molecule has 0 spiro atoms. The molecule has 1 aliphatic rings. The van der Waals surface area contributed by atoms with E-state index in [4.69, 9.17) is 37.4 Å². The highest BCUT2D eigenvalue weighted by molar-refractivity contribution is 6.42. The summed E-state index contributed by atoms with van der Waals surface area (Å²) in [5, 5.41) is 3.60. The van der Waals surface area contributed by atoms with Gasteiger partial charge in [0.15, 0.2) is 6.29 Å². The third-order valence-electron chi connectivity index (χ3n) is 3.48. The lowest BCUT2D eigenvalue weighted by atomic mass is 10.1. The lowest BCUT2D eigenvalue weighted by Gasteiger charge is -2.28. The SMILES string of the molecule is CCOC(=O)NCC(OC1CCCCO1)c1ccc(Cl)c(Cl)c1. The average Bonchev–Trinajstić information content (AvgIpc) is 2.55. The Hall–Kier alpha value is -1.01. The van der Waals surface area contributed by atoms with Crippen molar-refractivity contribution in [2.45, 2.75) is 38.6 Å². The fourth-order valence-electron chi connectivity index (χ4n) is 2.32. The molecule has 1 fully saturated rings. The molecule has 0 radical (unpaired) electrons. The molecule has 1 aromatic rings. The average molecular weight is 362 g/mol. The van der Waals surface area contributed by atoms with Crippen LogP contribution in [-0.2, 0) is 14.2 Å². The van der Waals surface area contributed by atoms with Crippen LogP contribution in [0, 0.1) is 0 Å². The normalized spacial score (nSPS) is 19.2. The number of halogens is 2. The van der Waals surface area contributed by atoms with E-state index in [1.54, 1.807) is 19.1 Å². The molecular formula is C16H21Cl2NO4. The van der Waals surface area contributed by atoms with Crippen molar-refractivity contribution in [1.29, 1.82) is 0 Å². The molecule has 5 nitrogen and oxygen atoms in total. The number of ether oxygens (including phenoxy) is 3. The Morgan fingerprint density at radius 2 is 2.22 bits per heavy atom. The first kappa shape index (κ1) is 18.3. The third kappa shape index (κ3) is 5.84. The van der Waals surface area contributed by atoms with Crippen molar-refractivity contribution in [1.82, 2.24) is 5.32 Å². The van der Waals surface area contributed by atoms with Gasteiger partial charge in [-0.1, -0.05) is 29.3 Å². The molecule has 2 rings (SSSR count). The Morgan fingerprint density at radius 3 is 2.87 bits per heavy atom. The summed E-state index contributed by atoms with van der Waals surface area (Å²) in [4.78, 5) is 11.5. The minimum Gasteiger partial charge on any atom is -0.450 e. The standard InChI is InChI=1S/C16H21Cl2NO4/c1-2-21-16(20)19-10-14(23-15-5-3-4-8-22-15)11-6-7-12(17)13(18)9-11/h6-7,9,14-15H,2-5,8,10H2,1H3,(H,19,20). The number of nitrogens with one attached hydrogen (secondary N) is 1. The van der Waals surface area contributed by atoms with Gasteiger partial charge in [-0.25, -0.2) is 4.79 Å². The van der Waals surface area contributed by atoms with Crippen LogP contribution in [0.1, 0.15) is 37.9 Å². The highest BCUT2D eigenvalue weighted by atomic mass is 35.5. The van der Waals surface area contributed by atoms with Crippen LogP contribution < -0.4 is 5.32 Å². The van der Waals surface area contributed by atoms with Crippen molar-refractivity contribution < 1.29 is 19.0 Å². The smallest absolute Gasteiger partial charge is 0.407 e. The van der Waals surface area contributed by atoms with E-state index in [1.807, 2.05) is 6.07 Å². The second-order valence-electron chi connectivity index (χ2n) is 5.20. The third-order valence-corrected chi connectivity index (χ3v) is 4.22. The lowest BCUT2D eigenvalue weighted by Crippen LogP contribution is -2.33. The van der Waals surface area contributed by atoms with Gasteiger partial charge in [0.1, 0.15) is 6.10 Å². The molecule has 128 valence electrons. The largest absolute Gasteiger partial charge is 0.450 e. The Morgan fingerprint density at radius 1 is 1.39 bits per heavy atom. The maximum Gasteiger partial charge on any atom is 0.407 e. The summed E-state index contributed by atoms with van der Waals surface area (Å²) in [6.45, 7) is 3.01. The second kappa shape index (κ2) is 9.33. The first-order chi connectivity index (χ1) is 11.1. The van der Waals surface area contributed by atoms with Crippen molar-refractivity contribution in [2.24, 2.45) is 0 Å². The van der Waals surface area contributed by atoms with Gasteiger partial charge < -0.3 is 19.5 Å². The molecule has 2 atom stereocenters. The van der Waals surface area contributed by atoms with Gasteiger partial charge in [-0.3, -0.25) is 0 Å². The molecule has 1 aromatic carbocycles. The second-order valence-corrected chi connectivity index (χ2v) is 6.01. The molecule has 0 aliphatic carbocycles. The van der Waals surface area contributed by atoms with Gasteiger partial charge in [-0.15, -0.1) is 0 Å². The first-order valence-electron chi connectivity index (χ1n) is 7.72. The number of rotatable bonds is 6. The van der Waals surface area contributed by atoms with E-state index in [0.717, 1.165) is 24.8 Å². The Balaban J connectivity index is 2.05. The predicted molar refractivity (Wildman–Crippen MR) is 88.9 cm³/mol.